The fourth-order valence-electron chi connectivity index (χ4n) is 2.81. The number of carbonyl (C=O) groups is 2. The molecule has 3 rings (SSSR count). The van der Waals surface area contributed by atoms with Gasteiger partial charge < -0.3 is 20.3 Å². The van der Waals surface area contributed by atoms with Crippen molar-refractivity contribution in [3.05, 3.63) is 41.2 Å². The number of rotatable bonds is 6. The van der Waals surface area contributed by atoms with E-state index in [4.69, 9.17) is 10.5 Å². The minimum Gasteiger partial charge on any atom is -0.491 e. The third kappa shape index (κ3) is 3.98. The largest absolute Gasteiger partial charge is 0.491 e. The van der Waals surface area contributed by atoms with Crippen LogP contribution >= 0.6 is 0 Å². The first-order valence-corrected chi connectivity index (χ1v) is 8.31. The topological polar surface area (TPSA) is 128 Å². The Kier molecular flexibility index (Phi) is 5.22. The van der Waals surface area contributed by atoms with Crippen LogP contribution in [-0.4, -0.2) is 53.3 Å². The van der Waals surface area contributed by atoms with E-state index in [9.17, 15) is 14.7 Å². The number of ether oxygens (including phenoxy) is 2. The number of carbonyl (C=O) groups excluding carboxylic acids is 2. The van der Waals surface area contributed by atoms with Crippen LogP contribution in [0.4, 0.5) is 11.6 Å². The average molecular weight is 372 g/mol. The predicted octanol–water partition coefficient (Wildman–Crippen LogP) is 0.483. The maximum absolute atomic E-state index is 12.2. The molecule has 27 heavy (non-hydrogen) atoms. The summed E-state index contributed by atoms with van der Waals surface area (Å²) in [5.74, 6) is 1.03. The van der Waals surface area contributed by atoms with Gasteiger partial charge in [-0.2, -0.15) is 0 Å². The Morgan fingerprint density at radius 1 is 1.33 bits per heavy atom. The molecule has 0 fully saturated rings. The lowest BCUT2D eigenvalue weighted by Crippen LogP contribution is -2.38. The smallest absolute Gasteiger partial charge is 0.337 e. The number of nitrogens with zero attached hydrogens (tertiary/aromatic N) is 3. The highest BCUT2D eigenvalue weighted by Gasteiger charge is 2.32. The van der Waals surface area contributed by atoms with E-state index >= 15 is 0 Å². The average Bonchev–Trinajstić information content (AvgIpc) is 2.96. The van der Waals surface area contributed by atoms with Crippen molar-refractivity contribution in [1.82, 2.24) is 9.97 Å². The lowest BCUT2D eigenvalue weighted by Gasteiger charge is -2.21. The number of methoxy groups -OCH3 is 1. The number of aromatic nitrogens is 2. The molecule has 1 atom stereocenters. The number of hydrogen-bond donors (Lipinski definition) is 2. The normalized spacial score (nSPS) is 14.0. The number of fused-ring (bicyclic) bond motifs is 1. The number of amides is 1. The molecule has 1 amide bonds. The Balaban J connectivity index is 1.61. The Morgan fingerprint density at radius 3 is 2.70 bits per heavy atom. The summed E-state index contributed by atoms with van der Waals surface area (Å²) in [7, 11) is 1.31. The van der Waals surface area contributed by atoms with E-state index in [1.54, 1.807) is 31.2 Å². The van der Waals surface area contributed by atoms with Crippen molar-refractivity contribution < 1.29 is 24.2 Å². The highest BCUT2D eigenvalue weighted by Crippen LogP contribution is 2.30. The highest BCUT2D eigenvalue weighted by atomic mass is 16.5. The second kappa shape index (κ2) is 7.58. The molecule has 0 saturated heterocycles. The van der Waals surface area contributed by atoms with Crippen molar-refractivity contribution in [1.29, 1.82) is 0 Å². The van der Waals surface area contributed by atoms with Gasteiger partial charge in [-0.25, -0.2) is 14.8 Å². The zero-order valence-electron chi connectivity index (χ0n) is 15.0. The molecule has 9 heteroatoms. The molecule has 0 aliphatic carbocycles. The van der Waals surface area contributed by atoms with Gasteiger partial charge in [0, 0.05) is 5.56 Å². The van der Waals surface area contributed by atoms with Gasteiger partial charge in [-0.1, -0.05) is 0 Å². The van der Waals surface area contributed by atoms with Gasteiger partial charge >= 0.3 is 5.97 Å². The fraction of sp³-hybridized carbons (Fsp3) is 0.333. The molecule has 1 aliphatic heterocycles. The summed E-state index contributed by atoms with van der Waals surface area (Å²) < 4.78 is 10.1. The lowest BCUT2D eigenvalue weighted by atomic mass is 10.2. The zero-order chi connectivity index (χ0) is 19.6. The summed E-state index contributed by atoms with van der Waals surface area (Å²) in [6.45, 7) is 1.69. The van der Waals surface area contributed by atoms with E-state index < -0.39 is 12.1 Å². The molecule has 0 radical (unpaired) electrons. The summed E-state index contributed by atoms with van der Waals surface area (Å²) in [6, 6.07) is 6.34. The van der Waals surface area contributed by atoms with Crippen molar-refractivity contribution >= 4 is 23.5 Å². The standard InChI is InChI=1S/C18H20N4O5/c1-10-20-16(19)14-7-15(24)22(17(14)21-10)8-12(23)9-27-13-5-3-11(4-6-13)18(25)26-2/h3-6,12,23H,7-9H2,1-2H3,(H2,19,20,21). The molecule has 9 nitrogen and oxygen atoms in total. The number of anilines is 2. The van der Waals surface area contributed by atoms with E-state index in [1.165, 1.54) is 12.0 Å². The summed E-state index contributed by atoms with van der Waals surface area (Å²) in [5, 5.41) is 10.3. The number of aliphatic hydroxyl groups excluding tert-OH is 1. The molecule has 1 aliphatic rings. The molecule has 2 aromatic rings. The first-order valence-electron chi connectivity index (χ1n) is 8.31. The van der Waals surface area contributed by atoms with Gasteiger partial charge in [0.25, 0.3) is 0 Å². The van der Waals surface area contributed by atoms with Crippen LogP contribution in [-0.2, 0) is 16.0 Å². The van der Waals surface area contributed by atoms with E-state index in [1.807, 2.05) is 0 Å². The minimum absolute atomic E-state index is 0.0297. The highest BCUT2D eigenvalue weighted by molar-refractivity contribution is 6.01. The van der Waals surface area contributed by atoms with Crippen molar-refractivity contribution in [2.24, 2.45) is 0 Å². The second-order valence-corrected chi connectivity index (χ2v) is 6.12. The number of esters is 1. The van der Waals surface area contributed by atoms with Crippen LogP contribution in [0.5, 0.6) is 5.75 Å². The monoisotopic (exact) mass is 372 g/mol. The Labute approximate surface area is 155 Å². The van der Waals surface area contributed by atoms with E-state index in [2.05, 4.69) is 14.7 Å². The van der Waals surface area contributed by atoms with E-state index in [-0.39, 0.29) is 31.3 Å². The first-order chi connectivity index (χ1) is 12.9. The van der Waals surface area contributed by atoms with Crippen LogP contribution in [0, 0.1) is 6.92 Å². The third-order valence-corrected chi connectivity index (χ3v) is 4.12. The molecule has 142 valence electrons. The number of aliphatic hydroxyl groups is 1. The minimum atomic E-state index is -0.934. The number of benzene rings is 1. The van der Waals surface area contributed by atoms with Crippen LogP contribution in [0.15, 0.2) is 24.3 Å². The Bertz CT molecular complexity index is 869. The van der Waals surface area contributed by atoms with Gasteiger partial charge in [0.2, 0.25) is 5.91 Å². The van der Waals surface area contributed by atoms with Gasteiger partial charge in [-0.15, -0.1) is 0 Å². The number of nitrogens with two attached hydrogens (primary N) is 1. The molecule has 1 aromatic heterocycles. The third-order valence-electron chi connectivity index (χ3n) is 4.12. The molecule has 3 N–H and O–H groups in total. The summed E-state index contributed by atoms with van der Waals surface area (Å²) in [5.41, 5.74) is 6.84. The molecule has 0 spiro atoms. The van der Waals surface area contributed by atoms with Crippen molar-refractivity contribution in [3.63, 3.8) is 0 Å². The van der Waals surface area contributed by atoms with Crippen molar-refractivity contribution in [3.8, 4) is 5.75 Å². The molecule has 1 aromatic carbocycles. The van der Waals surface area contributed by atoms with Gasteiger partial charge in [-0.05, 0) is 31.2 Å². The van der Waals surface area contributed by atoms with E-state index in [0.29, 0.717) is 28.5 Å². The van der Waals surface area contributed by atoms with Crippen molar-refractivity contribution in [2.75, 3.05) is 30.9 Å². The SMILES string of the molecule is COC(=O)c1ccc(OCC(O)CN2C(=O)Cc3c(N)nc(C)nc32)cc1. The van der Waals surface area contributed by atoms with Gasteiger partial charge in [0.1, 0.15) is 35.9 Å². The van der Waals surface area contributed by atoms with Crippen LogP contribution in [0.3, 0.4) is 0 Å². The van der Waals surface area contributed by atoms with Crippen LogP contribution in [0.1, 0.15) is 21.7 Å². The number of aryl methyl sites for hydroxylation is 1. The Hall–Kier alpha value is -3.20. The fourth-order valence-corrected chi connectivity index (χ4v) is 2.81. The van der Waals surface area contributed by atoms with Crippen molar-refractivity contribution in [2.45, 2.75) is 19.4 Å². The van der Waals surface area contributed by atoms with E-state index in [0.717, 1.165) is 0 Å². The first kappa shape index (κ1) is 18.6. The maximum atomic E-state index is 12.2. The van der Waals surface area contributed by atoms with Crippen LogP contribution in [0.2, 0.25) is 0 Å². The number of β-amino-alcohol motifs (C(OH)–C–C–N with tert-alkyl or cyclic N) is 1. The zero-order valence-corrected chi connectivity index (χ0v) is 15.0. The van der Waals surface area contributed by atoms with Crippen LogP contribution in [0.25, 0.3) is 0 Å². The van der Waals surface area contributed by atoms with Gasteiger partial charge in [-0.3, -0.25) is 9.69 Å². The summed E-state index contributed by atoms with van der Waals surface area (Å²) in [6.07, 6.45) is -0.819. The number of hydrogen-bond acceptors (Lipinski definition) is 8. The molecule has 0 bridgehead atoms. The summed E-state index contributed by atoms with van der Waals surface area (Å²) >= 11 is 0. The predicted molar refractivity (Wildman–Crippen MR) is 96.5 cm³/mol. The van der Waals surface area contributed by atoms with Gasteiger partial charge in [0.15, 0.2) is 0 Å². The molecule has 0 saturated carbocycles. The molecule has 1 unspecified atom stereocenters. The maximum Gasteiger partial charge on any atom is 0.337 e. The molecular weight excluding hydrogens is 352 g/mol. The lowest BCUT2D eigenvalue weighted by molar-refractivity contribution is -0.117. The molecular formula is C18H20N4O5. The van der Waals surface area contributed by atoms with Gasteiger partial charge in [0.05, 0.1) is 25.6 Å². The summed E-state index contributed by atoms with van der Waals surface area (Å²) in [4.78, 5) is 33.4. The van der Waals surface area contributed by atoms with Crippen LogP contribution < -0.4 is 15.4 Å². The second-order valence-electron chi connectivity index (χ2n) is 6.12. The Morgan fingerprint density at radius 2 is 2.04 bits per heavy atom. The quantitative estimate of drug-likeness (QED) is 0.701. The number of nitrogen functional groups attached to an aromatic ring is 1. The molecule has 2 heterocycles.